The lowest BCUT2D eigenvalue weighted by Crippen LogP contribution is -2.26. The summed E-state index contributed by atoms with van der Waals surface area (Å²) in [5.74, 6) is 1.25. The standard InChI is InChI=1S/C15H22O3/c1-14(2,3)17-12-8-7-11(10-16)9-13(12)18-15(4,5)6/h7-10H,1-6H3. The molecule has 1 aromatic carbocycles. The fourth-order valence-electron chi connectivity index (χ4n) is 1.42. The number of ether oxygens (including phenoxy) is 2. The van der Waals surface area contributed by atoms with E-state index in [-0.39, 0.29) is 11.2 Å². The monoisotopic (exact) mass is 250 g/mol. The van der Waals surface area contributed by atoms with E-state index < -0.39 is 0 Å². The van der Waals surface area contributed by atoms with Gasteiger partial charge >= 0.3 is 0 Å². The van der Waals surface area contributed by atoms with E-state index in [0.29, 0.717) is 17.1 Å². The van der Waals surface area contributed by atoms with Crippen molar-refractivity contribution in [2.24, 2.45) is 0 Å². The minimum absolute atomic E-state index is 0.307. The molecule has 0 fully saturated rings. The van der Waals surface area contributed by atoms with Crippen LogP contribution in [0.2, 0.25) is 0 Å². The van der Waals surface area contributed by atoms with Crippen molar-refractivity contribution in [2.45, 2.75) is 52.7 Å². The smallest absolute Gasteiger partial charge is 0.162 e. The lowest BCUT2D eigenvalue weighted by molar-refractivity contribution is 0.0954. The van der Waals surface area contributed by atoms with Gasteiger partial charge in [-0.1, -0.05) is 0 Å². The minimum atomic E-state index is -0.336. The fraction of sp³-hybridized carbons (Fsp3) is 0.533. The lowest BCUT2D eigenvalue weighted by atomic mass is 10.1. The van der Waals surface area contributed by atoms with Gasteiger partial charge in [0, 0.05) is 5.56 Å². The Morgan fingerprint density at radius 2 is 1.39 bits per heavy atom. The van der Waals surface area contributed by atoms with Crippen molar-refractivity contribution in [1.29, 1.82) is 0 Å². The molecule has 3 heteroatoms. The van der Waals surface area contributed by atoms with Gasteiger partial charge in [-0.05, 0) is 59.7 Å². The van der Waals surface area contributed by atoms with E-state index in [1.165, 1.54) is 0 Å². The average Bonchev–Trinajstić information content (AvgIpc) is 2.16. The highest BCUT2D eigenvalue weighted by atomic mass is 16.5. The highest BCUT2D eigenvalue weighted by Crippen LogP contribution is 2.33. The zero-order valence-electron chi connectivity index (χ0n) is 12.0. The van der Waals surface area contributed by atoms with E-state index >= 15 is 0 Å². The molecule has 18 heavy (non-hydrogen) atoms. The molecule has 0 aliphatic carbocycles. The van der Waals surface area contributed by atoms with E-state index in [4.69, 9.17) is 9.47 Å². The SMILES string of the molecule is CC(C)(C)Oc1ccc(C=O)cc1OC(C)(C)C. The second-order valence-corrected chi connectivity index (χ2v) is 6.25. The van der Waals surface area contributed by atoms with Gasteiger partial charge in [-0.3, -0.25) is 4.79 Å². The third-order valence-electron chi connectivity index (χ3n) is 1.94. The predicted octanol–water partition coefficient (Wildman–Crippen LogP) is 3.85. The van der Waals surface area contributed by atoms with Crippen molar-refractivity contribution in [3.05, 3.63) is 23.8 Å². The summed E-state index contributed by atoms with van der Waals surface area (Å²) in [7, 11) is 0. The van der Waals surface area contributed by atoms with Gasteiger partial charge in [0.25, 0.3) is 0 Å². The summed E-state index contributed by atoms with van der Waals surface area (Å²) >= 11 is 0. The molecule has 0 radical (unpaired) electrons. The van der Waals surface area contributed by atoms with Gasteiger partial charge in [-0.2, -0.15) is 0 Å². The number of benzene rings is 1. The van der Waals surface area contributed by atoms with Crippen LogP contribution in [0.25, 0.3) is 0 Å². The third kappa shape index (κ3) is 4.78. The molecule has 0 aliphatic rings. The number of aldehydes is 1. The first-order valence-electron chi connectivity index (χ1n) is 6.08. The lowest BCUT2D eigenvalue weighted by Gasteiger charge is -2.27. The fourth-order valence-corrected chi connectivity index (χ4v) is 1.42. The maximum Gasteiger partial charge on any atom is 0.162 e. The number of rotatable bonds is 3. The highest BCUT2D eigenvalue weighted by molar-refractivity contribution is 5.76. The van der Waals surface area contributed by atoms with Crippen molar-refractivity contribution in [3.8, 4) is 11.5 Å². The summed E-state index contributed by atoms with van der Waals surface area (Å²) in [5, 5.41) is 0. The van der Waals surface area contributed by atoms with Gasteiger partial charge in [0.1, 0.15) is 17.5 Å². The van der Waals surface area contributed by atoms with Crippen LogP contribution in [0.4, 0.5) is 0 Å². The third-order valence-corrected chi connectivity index (χ3v) is 1.94. The minimum Gasteiger partial charge on any atom is -0.484 e. The number of hydrogen-bond acceptors (Lipinski definition) is 3. The molecule has 0 saturated heterocycles. The van der Waals surface area contributed by atoms with Crippen LogP contribution in [-0.2, 0) is 0 Å². The Morgan fingerprint density at radius 1 is 0.889 bits per heavy atom. The number of carbonyl (C=O) groups excluding carboxylic acids is 1. The van der Waals surface area contributed by atoms with Crippen LogP contribution in [0.15, 0.2) is 18.2 Å². The van der Waals surface area contributed by atoms with E-state index in [1.807, 2.05) is 41.5 Å². The molecule has 0 bridgehead atoms. The molecular formula is C15H22O3. The summed E-state index contributed by atoms with van der Waals surface area (Å²) in [5.41, 5.74) is -0.0635. The van der Waals surface area contributed by atoms with Gasteiger partial charge in [-0.15, -0.1) is 0 Å². The summed E-state index contributed by atoms with van der Waals surface area (Å²) in [6, 6.07) is 5.21. The van der Waals surface area contributed by atoms with Crippen molar-refractivity contribution in [2.75, 3.05) is 0 Å². The topological polar surface area (TPSA) is 35.5 Å². The molecule has 0 aliphatic heterocycles. The van der Waals surface area contributed by atoms with Crippen LogP contribution in [0, 0.1) is 0 Å². The first kappa shape index (κ1) is 14.6. The molecule has 1 rings (SSSR count). The van der Waals surface area contributed by atoms with Crippen LogP contribution < -0.4 is 9.47 Å². The molecule has 3 nitrogen and oxygen atoms in total. The first-order chi connectivity index (χ1) is 8.11. The maximum atomic E-state index is 10.8. The molecule has 0 amide bonds. The largest absolute Gasteiger partial charge is 0.484 e. The van der Waals surface area contributed by atoms with Crippen LogP contribution in [0.5, 0.6) is 11.5 Å². The van der Waals surface area contributed by atoms with Crippen molar-refractivity contribution in [1.82, 2.24) is 0 Å². The summed E-state index contributed by atoms with van der Waals surface area (Å²) < 4.78 is 11.7. The summed E-state index contributed by atoms with van der Waals surface area (Å²) in [6.07, 6.45) is 0.802. The number of hydrogen-bond donors (Lipinski definition) is 0. The summed E-state index contributed by atoms with van der Waals surface area (Å²) in [6.45, 7) is 11.8. The maximum absolute atomic E-state index is 10.8. The van der Waals surface area contributed by atoms with Gasteiger partial charge < -0.3 is 9.47 Å². The first-order valence-corrected chi connectivity index (χ1v) is 6.08. The van der Waals surface area contributed by atoms with Crippen LogP contribution in [0.1, 0.15) is 51.9 Å². The highest BCUT2D eigenvalue weighted by Gasteiger charge is 2.19. The van der Waals surface area contributed by atoms with Crippen LogP contribution in [-0.4, -0.2) is 17.5 Å². The Labute approximate surface area is 109 Å². The zero-order chi connectivity index (χ0) is 14.0. The molecule has 0 heterocycles. The van der Waals surface area contributed by atoms with Crippen molar-refractivity contribution >= 4 is 6.29 Å². The second-order valence-electron chi connectivity index (χ2n) is 6.25. The quantitative estimate of drug-likeness (QED) is 0.764. The van der Waals surface area contributed by atoms with E-state index in [0.717, 1.165) is 6.29 Å². The van der Waals surface area contributed by atoms with Gasteiger partial charge in [0.2, 0.25) is 0 Å². The van der Waals surface area contributed by atoms with Crippen molar-refractivity contribution in [3.63, 3.8) is 0 Å². The molecule has 0 saturated carbocycles. The molecule has 0 spiro atoms. The Balaban J connectivity index is 3.12. The Morgan fingerprint density at radius 3 is 1.83 bits per heavy atom. The number of carbonyl (C=O) groups is 1. The predicted molar refractivity (Wildman–Crippen MR) is 72.6 cm³/mol. The normalized spacial score (nSPS) is 12.1. The van der Waals surface area contributed by atoms with Gasteiger partial charge in [0.05, 0.1) is 0 Å². The zero-order valence-corrected chi connectivity index (χ0v) is 12.0. The molecule has 0 unspecified atom stereocenters. The Hall–Kier alpha value is -1.51. The molecule has 1 aromatic rings. The van der Waals surface area contributed by atoms with Gasteiger partial charge in [-0.25, -0.2) is 0 Å². The van der Waals surface area contributed by atoms with E-state index in [2.05, 4.69) is 0 Å². The summed E-state index contributed by atoms with van der Waals surface area (Å²) in [4.78, 5) is 10.8. The molecular weight excluding hydrogens is 228 g/mol. The molecule has 0 atom stereocenters. The Kier molecular flexibility index (Phi) is 4.05. The van der Waals surface area contributed by atoms with Crippen LogP contribution in [0.3, 0.4) is 0 Å². The van der Waals surface area contributed by atoms with Gasteiger partial charge in [0.15, 0.2) is 11.5 Å². The van der Waals surface area contributed by atoms with Crippen LogP contribution >= 0.6 is 0 Å². The van der Waals surface area contributed by atoms with Crippen molar-refractivity contribution < 1.29 is 14.3 Å². The van der Waals surface area contributed by atoms with E-state index in [1.54, 1.807) is 18.2 Å². The average molecular weight is 250 g/mol. The molecule has 100 valence electrons. The second kappa shape index (κ2) is 5.01. The Bertz CT molecular complexity index is 422. The molecule has 0 N–H and O–H groups in total. The molecule has 0 aromatic heterocycles. The van der Waals surface area contributed by atoms with E-state index in [9.17, 15) is 4.79 Å².